The maximum atomic E-state index is 6.47. The Hall–Kier alpha value is -4.62. The maximum Gasteiger partial charge on any atom is 0.138 e. The van der Waals surface area contributed by atoms with Crippen LogP contribution < -0.4 is 16.2 Å². The van der Waals surface area contributed by atoms with Gasteiger partial charge in [-0.25, -0.2) is 0 Å². The maximum absolute atomic E-state index is 6.47. The summed E-state index contributed by atoms with van der Waals surface area (Å²) < 4.78 is 6.16. The molecule has 0 bridgehead atoms. The van der Waals surface area contributed by atoms with Crippen molar-refractivity contribution in [1.29, 1.82) is 0 Å². The van der Waals surface area contributed by atoms with Gasteiger partial charge in [0.25, 0.3) is 0 Å². The van der Waals surface area contributed by atoms with Crippen LogP contribution in [0, 0.1) is 6.92 Å². The molecule has 3 aromatic carbocycles. The molecule has 0 unspecified atom stereocenters. The first-order valence-corrected chi connectivity index (χ1v) is 12.3. The van der Waals surface area contributed by atoms with Crippen LogP contribution in [0.15, 0.2) is 85.2 Å². The molecule has 0 saturated carbocycles. The van der Waals surface area contributed by atoms with Gasteiger partial charge in [-0.1, -0.05) is 42.5 Å². The van der Waals surface area contributed by atoms with Crippen LogP contribution in [0.5, 0.6) is 5.75 Å². The normalized spacial score (nSPS) is 12.3. The predicted octanol–water partition coefficient (Wildman–Crippen LogP) is 5.61. The zero-order chi connectivity index (χ0) is 25.4. The molecule has 0 spiro atoms. The van der Waals surface area contributed by atoms with Crippen molar-refractivity contribution in [3.05, 3.63) is 96.4 Å². The highest BCUT2D eigenvalue weighted by molar-refractivity contribution is 5.92. The Kier molecular flexibility index (Phi) is 5.82. The molecular formula is C30H28N6O. The highest BCUT2D eigenvalue weighted by atomic mass is 16.5. The number of anilines is 1. The lowest BCUT2D eigenvalue weighted by Crippen LogP contribution is -2.30. The highest BCUT2D eigenvalue weighted by Crippen LogP contribution is 2.37. The van der Waals surface area contributed by atoms with E-state index in [-0.39, 0.29) is 6.04 Å². The molecule has 6 rings (SSSR count). The van der Waals surface area contributed by atoms with E-state index in [0.717, 1.165) is 44.5 Å². The molecule has 7 nitrogen and oxygen atoms in total. The smallest absolute Gasteiger partial charge is 0.138 e. The van der Waals surface area contributed by atoms with Crippen LogP contribution in [-0.2, 0) is 6.42 Å². The largest absolute Gasteiger partial charge is 0.490 e. The van der Waals surface area contributed by atoms with Crippen molar-refractivity contribution >= 4 is 27.5 Å². The van der Waals surface area contributed by atoms with E-state index in [1.54, 1.807) is 6.20 Å². The SMILES string of the molecule is Cc1n[nH]c2ccc(-c3cc(OC[C@@H](N)Cc4c[nH]c5ccccc45)cnc3-c3ccccc3N)cc12. The standard InChI is InChI=1S/C30H28N6O/c1-18-25-13-19(10-11-29(25)36-35-18)26-14-22(16-34-30(26)24-7-2-4-8-27(24)32)37-17-21(31)12-20-15-33-28-9-5-3-6-23(20)28/h2-11,13-16,21,33H,12,17,31-32H2,1H3,(H,35,36)/t21-/m0/s1. The van der Waals surface area contributed by atoms with E-state index in [1.165, 1.54) is 10.9 Å². The lowest BCUT2D eigenvalue weighted by atomic mass is 9.97. The zero-order valence-electron chi connectivity index (χ0n) is 20.5. The molecule has 7 heteroatoms. The summed E-state index contributed by atoms with van der Waals surface area (Å²) in [6.07, 6.45) is 4.47. The molecule has 3 aromatic heterocycles. The van der Waals surface area contributed by atoms with Crippen LogP contribution in [0.2, 0.25) is 0 Å². The Morgan fingerprint density at radius 3 is 2.65 bits per heavy atom. The topological polar surface area (TPSA) is 119 Å². The first-order chi connectivity index (χ1) is 18.1. The molecule has 0 fully saturated rings. The molecule has 0 saturated heterocycles. The number of aromatic amines is 2. The number of aryl methyl sites for hydroxylation is 1. The monoisotopic (exact) mass is 488 g/mol. The van der Waals surface area contributed by atoms with E-state index >= 15 is 0 Å². The fraction of sp³-hybridized carbons (Fsp3) is 0.133. The Bertz CT molecular complexity index is 1720. The summed E-state index contributed by atoms with van der Waals surface area (Å²) in [6, 6.07) is 24.1. The number of hydrogen-bond donors (Lipinski definition) is 4. The third-order valence-electron chi connectivity index (χ3n) is 6.76. The number of nitrogens with zero attached hydrogens (tertiary/aromatic N) is 2. The Balaban J connectivity index is 1.31. The van der Waals surface area contributed by atoms with E-state index in [1.807, 2.05) is 61.7 Å². The quantitative estimate of drug-likeness (QED) is 0.218. The van der Waals surface area contributed by atoms with Gasteiger partial charge in [0, 0.05) is 45.3 Å². The van der Waals surface area contributed by atoms with E-state index in [4.69, 9.17) is 21.2 Å². The molecule has 3 heterocycles. The van der Waals surface area contributed by atoms with Crippen molar-refractivity contribution in [1.82, 2.24) is 20.2 Å². The summed E-state index contributed by atoms with van der Waals surface area (Å²) in [7, 11) is 0. The van der Waals surface area contributed by atoms with E-state index in [9.17, 15) is 0 Å². The first-order valence-electron chi connectivity index (χ1n) is 12.3. The number of benzene rings is 3. The number of nitrogens with two attached hydrogens (primary N) is 2. The third-order valence-corrected chi connectivity index (χ3v) is 6.76. The summed E-state index contributed by atoms with van der Waals surface area (Å²) in [5.41, 5.74) is 21.3. The number of hydrogen-bond acceptors (Lipinski definition) is 5. The molecule has 6 N–H and O–H groups in total. The molecule has 0 aliphatic carbocycles. The lowest BCUT2D eigenvalue weighted by molar-refractivity contribution is 0.287. The Labute approximate surface area is 214 Å². The number of ether oxygens (including phenoxy) is 1. The second kappa shape index (κ2) is 9.44. The first kappa shape index (κ1) is 22.8. The molecule has 1 atom stereocenters. The summed E-state index contributed by atoms with van der Waals surface area (Å²) in [4.78, 5) is 8.11. The van der Waals surface area contributed by atoms with Gasteiger partial charge < -0.3 is 21.2 Å². The van der Waals surface area contributed by atoms with Crippen LogP contribution in [0.3, 0.4) is 0 Å². The van der Waals surface area contributed by atoms with Gasteiger partial charge in [0.1, 0.15) is 12.4 Å². The van der Waals surface area contributed by atoms with Gasteiger partial charge in [-0.05, 0) is 54.8 Å². The van der Waals surface area contributed by atoms with Crippen LogP contribution in [0.25, 0.3) is 44.2 Å². The van der Waals surface area contributed by atoms with Gasteiger partial charge in [0.2, 0.25) is 0 Å². The Morgan fingerprint density at radius 1 is 0.919 bits per heavy atom. The second-order valence-electron chi connectivity index (χ2n) is 9.36. The minimum absolute atomic E-state index is 0.169. The van der Waals surface area contributed by atoms with Crippen molar-refractivity contribution < 1.29 is 4.74 Å². The molecular weight excluding hydrogens is 460 g/mol. The highest BCUT2D eigenvalue weighted by Gasteiger charge is 2.16. The van der Waals surface area contributed by atoms with E-state index in [2.05, 4.69) is 39.4 Å². The molecule has 37 heavy (non-hydrogen) atoms. The van der Waals surface area contributed by atoms with Crippen molar-refractivity contribution in [3.8, 4) is 28.1 Å². The van der Waals surface area contributed by atoms with Crippen LogP contribution in [0.4, 0.5) is 5.69 Å². The van der Waals surface area contributed by atoms with Crippen LogP contribution >= 0.6 is 0 Å². The summed E-state index contributed by atoms with van der Waals surface area (Å²) in [5.74, 6) is 0.659. The number of nitrogens with one attached hydrogen (secondary N) is 2. The van der Waals surface area contributed by atoms with Gasteiger partial charge in [0.15, 0.2) is 0 Å². The van der Waals surface area contributed by atoms with Crippen molar-refractivity contribution in [2.75, 3.05) is 12.3 Å². The molecule has 6 aromatic rings. The minimum atomic E-state index is -0.169. The fourth-order valence-corrected chi connectivity index (χ4v) is 4.83. The average molecular weight is 489 g/mol. The van der Waals surface area contributed by atoms with E-state index in [0.29, 0.717) is 24.5 Å². The van der Waals surface area contributed by atoms with Gasteiger partial charge in [0.05, 0.1) is 23.1 Å². The molecule has 184 valence electrons. The second-order valence-corrected chi connectivity index (χ2v) is 9.36. The van der Waals surface area contributed by atoms with E-state index < -0.39 is 0 Å². The number of pyridine rings is 1. The van der Waals surface area contributed by atoms with Gasteiger partial charge in [-0.15, -0.1) is 0 Å². The number of H-pyrrole nitrogens is 2. The number of fused-ring (bicyclic) bond motifs is 2. The molecule has 0 radical (unpaired) electrons. The van der Waals surface area contributed by atoms with Crippen LogP contribution in [-0.4, -0.2) is 32.8 Å². The van der Waals surface area contributed by atoms with Crippen molar-refractivity contribution in [2.24, 2.45) is 5.73 Å². The Morgan fingerprint density at radius 2 is 1.76 bits per heavy atom. The summed E-state index contributed by atoms with van der Waals surface area (Å²) in [6.45, 7) is 2.36. The van der Waals surface area contributed by atoms with Crippen molar-refractivity contribution in [2.45, 2.75) is 19.4 Å². The fourth-order valence-electron chi connectivity index (χ4n) is 4.83. The number of para-hydroxylation sites is 2. The van der Waals surface area contributed by atoms with Gasteiger partial charge in [-0.2, -0.15) is 5.10 Å². The number of nitrogen functional groups attached to an aromatic ring is 1. The summed E-state index contributed by atoms with van der Waals surface area (Å²) >= 11 is 0. The third kappa shape index (κ3) is 4.41. The predicted molar refractivity (Wildman–Crippen MR) is 149 cm³/mol. The number of aromatic nitrogens is 4. The van der Waals surface area contributed by atoms with Gasteiger partial charge >= 0.3 is 0 Å². The molecule has 0 amide bonds. The number of rotatable bonds is 7. The van der Waals surface area contributed by atoms with Crippen LogP contribution in [0.1, 0.15) is 11.3 Å². The van der Waals surface area contributed by atoms with Crippen molar-refractivity contribution in [3.63, 3.8) is 0 Å². The zero-order valence-corrected chi connectivity index (χ0v) is 20.5. The van der Waals surface area contributed by atoms with Gasteiger partial charge in [-0.3, -0.25) is 10.1 Å². The lowest BCUT2D eigenvalue weighted by Gasteiger charge is -2.16. The average Bonchev–Trinajstić information content (AvgIpc) is 3.51. The summed E-state index contributed by atoms with van der Waals surface area (Å²) in [5, 5.41) is 9.67. The molecule has 0 aliphatic rings. The minimum Gasteiger partial charge on any atom is -0.490 e. The molecule has 0 aliphatic heterocycles.